The summed E-state index contributed by atoms with van der Waals surface area (Å²) in [5.41, 5.74) is 2.05. The van der Waals surface area contributed by atoms with Crippen molar-refractivity contribution < 1.29 is 17.7 Å². The number of rotatable bonds is 9. The Morgan fingerprint density at radius 2 is 1.76 bits per heavy atom. The van der Waals surface area contributed by atoms with Crippen molar-refractivity contribution in [2.24, 2.45) is 0 Å². The lowest BCUT2D eigenvalue weighted by Gasteiger charge is -2.35. The highest BCUT2D eigenvalue weighted by atomic mass is 32.2. The predicted molar refractivity (Wildman–Crippen MR) is 131 cm³/mol. The number of likely N-dealkylation sites (tertiary alicyclic amines) is 1. The van der Waals surface area contributed by atoms with E-state index in [0.29, 0.717) is 24.3 Å². The standard InChI is InChI=1S/C26H31N3O4S/c1-2-17-34(31,32)22-13-11-21(12-14-22)25-18-23(28-33-25)26(30)27-19-24(20-9-5-3-6-10-20)29-15-7-4-8-16-29/h3,5-6,9-14,18,24H,2,4,7-8,15-17,19H2,1H3,(H,27,30). The van der Waals surface area contributed by atoms with Crippen molar-refractivity contribution in [1.29, 1.82) is 0 Å². The fourth-order valence-corrected chi connectivity index (χ4v) is 5.70. The van der Waals surface area contributed by atoms with Crippen molar-refractivity contribution in [3.8, 4) is 11.3 Å². The summed E-state index contributed by atoms with van der Waals surface area (Å²) in [6.45, 7) is 4.36. The minimum Gasteiger partial charge on any atom is -0.355 e. The van der Waals surface area contributed by atoms with Crippen LogP contribution >= 0.6 is 0 Å². The summed E-state index contributed by atoms with van der Waals surface area (Å²) >= 11 is 0. The molecular weight excluding hydrogens is 450 g/mol. The van der Waals surface area contributed by atoms with Gasteiger partial charge in [0, 0.05) is 18.2 Å². The maximum atomic E-state index is 12.8. The van der Waals surface area contributed by atoms with Crippen LogP contribution in [-0.2, 0) is 9.84 Å². The van der Waals surface area contributed by atoms with Gasteiger partial charge in [0.25, 0.3) is 5.91 Å². The topological polar surface area (TPSA) is 92.5 Å². The average molecular weight is 482 g/mol. The molecule has 180 valence electrons. The molecule has 1 aliphatic rings. The van der Waals surface area contributed by atoms with Gasteiger partial charge in [-0.05, 0) is 62.2 Å². The maximum absolute atomic E-state index is 12.8. The number of carbonyl (C=O) groups is 1. The van der Waals surface area contributed by atoms with E-state index in [-0.39, 0.29) is 28.3 Å². The molecule has 1 aromatic heterocycles. The zero-order valence-corrected chi connectivity index (χ0v) is 20.3. The molecular formula is C26H31N3O4S. The SMILES string of the molecule is CCCS(=O)(=O)c1ccc(-c2cc(C(=O)NCC(c3ccccc3)N3CCCCC3)no2)cc1. The Labute approximate surface area is 201 Å². The van der Waals surface area contributed by atoms with E-state index in [1.807, 2.05) is 25.1 Å². The van der Waals surface area contributed by atoms with Crippen LogP contribution < -0.4 is 5.32 Å². The first-order valence-electron chi connectivity index (χ1n) is 11.8. The van der Waals surface area contributed by atoms with E-state index in [0.717, 1.165) is 13.1 Å². The van der Waals surface area contributed by atoms with Crippen LogP contribution in [0.25, 0.3) is 11.3 Å². The van der Waals surface area contributed by atoms with E-state index in [1.54, 1.807) is 30.3 Å². The Bertz CT molecular complexity index is 1180. The van der Waals surface area contributed by atoms with Gasteiger partial charge in [-0.15, -0.1) is 0 Å². The van der Waals surface area contributed by atoms with E-state index in [1.165, 1.54) is 24.8 Å². The Morgan fingerprint density at radius 3 is 2.44 bits per heavy atom. The highest BCUT2D eigenvalue weighted by Gasteiger charge is 2.24. The van der Waals surface area contributed by atoms with Gasteiger partial charge in [0.2, 0.25) is 0 Å². The van der Waals surface area contributed by atoms with Crippen LogP contribution in [0.4, 0.5) is 0 Å². The molecule has 1 aliphatic heterocycles. The Balaban J connectivity index is 1.43. The van der Waals surface area contributed by atoms with Crippen molar-refractivity contribution in [1.82, 2.24) is 15.4 Å². The summed E-state index contributed by atoms with van der Waals surface area (Å²) in [4.78, 5) is 15.5. The number of hydrogen-bond donors (Lipinski definition) is 1. The average Bonchev–Trinajstić information content (AvgIpc) is 3.36. The summed E-state index contributed by atoms with van der Waals surface area (Å²) in [7, 11) is -3.28. The zero-order chi connectivity index (χ0) is 24.0. The molecule has 8 heteroatoms. The van der Waals surface area contributed by atoms with E-state index in [2.05, 4.69) is 27.5 Å². The molecule has 1 amide bonds. The Kier molecular flexibility index (Phi) is 7.80. The van der Waals surface area contributed by atoms with Crippen molar-refractivity contribution in [3.63, 3.8) is 0 Å². The van der Waals surface area contributed by atoms with Gasteiger partial charge >= 0.3 is 0 Å². The van der Waals surface area contributed by atoms with Gasteiger partial charge in [-0.1, -0.05) is 48.8 Å². The van der Waals surface area contributed by atoms with Gasteiger partial charge in [0.1, 0.15) is 0 Å². The summed E-state index contributed by atoms with van der Waals surface area (Å²) in [6.07, 6.45) is 4.15. The van der Waals surface area contributed by atoms with Crippen molar-refractivity contribution in [2.45, 2.75) is 43.5 Å². The summed E-state index contributed by atoms with van der Waals surface area (Å²) in [6, 6.07) is 18.4. The van der Waals surface area contributed by atoms with Crippen molar-refractivity contribution in [2.75, 3.05) is 25.4 Å². The minimum atomic E-state index is -3.28. The minimum absolute atomic E-state index is 0.106. The fraction of sp³-hybridized carbons (Fsp3) is 0.385. The quantitative estimate of drug-likeness (QED) is 0.484. The number of aromatic nitrogens is 1. The third kappa shape index (κ3) is 5.74. The van der Waals surface area contributed by atoms with Crippen LogP contribution in [-0.4, -0.2) is 49.8 Å². The van der Waals surface area contributed by atoms with Crippen LogP contribution in [0.15, 0.2) is 70.1 Å². The maximum Gasteiger partial charge on any atom is 0.273 e. The predicted octanol–water partition coefficient (Wildman–Crippen LogP) is 4.48. The number of amides is 1. The summed E-state index contributed by atoms with van der Waals surface area (Å²) in [5, 5.41) is 6.96. The number of hydrogen-bond acceptors (Lipinski definition) is 6. The van der Waals surface area contributed by atoms with Gasteiger partial charge in [-0.3, -0.25) is 9.69 Å². The normalized spacial score (nSPS) is 15.7. The van der Waals surface area contributed by atoms with Crippen LogP contribution in [0.3, 0.4) is 0 Å². The lowest BCUT2D eigenvalue weighted by Crippen LogP contribution is -2.40. The van der Waals surface area contributed by atoms with Gasteiger partial charge in [0.05, 0.1) is 16.7 Å². The molecule has 0 saturated carbocycles. The molecule has 4 rings (SSSR count). The van der Waals surface area contributed by atoms with Gasteiger partial charge in [-0.2, -0.15) is 0 Å². The number of piperidine rings is 1. The number of sulfone groups is 1. The number of nitrogens with zero attached hydrogens (tertiary/aromatic N) is 2. The highest BCUT2D eigenvalue weighted by molar-refractivity contribution is 7.91. The zero-order valence-electron chi connectivity index (χ0n) is 19.4. The van der Waals surface area contributed by atoms with Crippen molar-refractivity contribution in [3.05, 3.63) is 71.9 Å². The third-order valence-corrected chi connectivity index (χ3v) is 8.12. The van der Waals surface area contributed by atoms with E-state index in [4.69, 9.17) is 4.52 Å². The number of carbonyl (C=O) groups excluding carboxylic acids is 1. The second kappa shape index (κ2) is 11.0. The second-order valence-corrected chi connectivity index (χ2v) is 10.8. The smallest absolute Gasteiger partial charge is 0.273 e. The molecule has 2 heterocycles. The second-order valence-electron chi connectivity index (χ2n) is 8.65. The van der Waals surface area contributed by atoms with E-state index < -0.39 is 9.84 Å². The fourth-order valence-electron chi connectivity index (χ4n) is 4.37. The summed E-state index contributed by atoms with van der Waals surface area (Å²) in [5.74, 6) is 0.232. The molecule has 3 aromatic rings. The molecule has 7 nitrogen and oxygen atoms in total. The monoisotopic (exact) mass is 481 g/mol. The van der Waals surface area contributed by atoms with Gasteiger partial charge < -0.3 is 9.84 Å². The van der Waals surface area contributed by atoms with E-state index >= 15 is 0 Å². The van der Waals surface area contributed by atoms with Gasteiger partial charge in [0.15, 0.2) is 21.3 Å². The molecule has 2 aromatic carbocycles. The molecule has 0 bridgehead atoms. The van der Waals surface area contributed by atoms with Crippen LogP contribution in [0.1, 0.15) is 54.7 Å². The lowest BCUT2D eigenvalue weighted by atomic mass is 10.0. The molecule has 34 heavy (non-hydrogen) atoms. The lowest BCUT2D eigenvalue weighted by molar-refractivity contribution is 0.0915. The highest BCUT2D eigenvalue weighted by Crippen LogP contribution is 2.25. The first-order valence-corrected chi connectivity index (χ1v) is 13.5. The Morgan fingerprint density at radius 1 is 1.06 bits per heavy atom. The van der Waals surface area contributed by atoms with E-state index in [9.17, 15) is 13.2 Å². The molecule has 1 atom stereocenters. The van der Waals surface area contributed by atoms with Crippen molar-refractivity contribution >= 4 is 15.7 Å². The molecule has 1 fully saturated rings. The molecule has 1 saturated heterocycles. The molecule has 0 radical (unpaired) electrons. The first-order chi connectivity index (χ1) is 16.5. The summed E-state index contributed by atoms with van der Waals surface area (Å²) < 4.78 is 29.8. The third-order valence-electron chi connectivity index (χ3n) is 6.19. The largest absolute Gasteiger partial charge is 0.355 e. The van der Waals surface area contributed by atoms with Crippen LogP contribution in [0.2, 0.25) is 0 Å². The molecule has 0 aliphatic carbocycles. The molecule has 1 unspecified atom stereocenters. The first kappa shape index (κ1) is 24.2. The number of benzene rings is 2. The Hall–Kier alpha value is -2.97. The van der Waals surface area contributed by atoms with Crippen LogP contribution in [0.5, 0.6) is 0 Å². The van der Waals surface area contributed by atoms with Crippen LogP contribution in [0, 0.1) is 0 Å². The number of nitrogens with one attached hydrogen (secondary N) is 1. The molecule has 1 N–H and O–H groups in total. The van der Waals surface area contributed by atoms with Gasteiger partial charge in [-0.25, -0.2) is 8.42 Å². The molecule has 0 spiro atoms.